The molecule has 5 rings (SSSR count). The smallest absolute Gasteiger partial charge is 0.285 e. The number of rotatable bonds is 13. The van der Waals surface area contributed by atoms with Crippen molar-refractivity contribution in [1.82, 2.24) is 10.2 Å². The first-order valence-corrected chi connectivity index (χ1v) is 18.3. The maximum absolute atomic E-state index is 14.2. The van der Waals surface area contributed by atoms with Crippen LogP contribution in [0, 0.1) is 0 Å². The van der Waals surface area contributed by atoms with E-state index < -0.39 is 17.9 Å². The number of ether oxygens (including phenoxy) is 2. The zero-order chi connectivity index (χ0) is 37.0. The lowest BCUT2D eigenvalue weighted by molar-refractivity contribution is -0.126. The number of carbonyl (C=O) groups excluding carboxylic acids is 3. The number of carbonyl (C=O) groups is 3. The number of hydrogen-bond acceptors (Lipinski definition) is 6. The fraction of sp³-hybridized carbons (Fsp3) is 0.122. The van der Waals surface area contributed by atoms with E-state index in [-0.39, 0.29) is 29.0 Å². The summed E-state index contributed by atoms with van der Waals surface area (Å²) in [6, 6.07) is 29.6. The number of nitrogens with one attached hydrogen (secondary N) is 1. The molecule has 8 nitrogen and oxygen atoms in total. The third-order valence-corrected chi connectivity index (χ3v) is 9.83. The predicted octanol–water partition coefficient (Wildman–Crippen LogP) is 9.08. The summed E-state index contributed by atoms with van der Waals surface area (Å²) in [6.45, 7) is 5.69. The van der Waals surface area contributed by atoms with Crippen LogP contribution in [0.3, 0.4) is 0 Å². The Bertz CT molecular complexity index is 2040. The minimum atomic E-state index is -0.747. The Morgan fingerprint density at radius 2 is 1.65 bits per heavy atom. The summed E-state index contributed by atoms with van der Waals surface area (Å²) in [7, 11) is 1.50. The molecule has 52 heavy (non-hydrogen) atoms. The summed E-state index contributed by atoms with van der Waals surface area (Å²) in [5, 5.41) is 3.74. The fourth-order valence-corrected chi connectivity index (χ4v) is 6.69. The Morgan fingerprint density at radius 1 is 1.00 bits per heavy atom. The summed E-state index contributed by atoms with van der Waals surface area (Å²) in [5.74, 6) is -0.950. The Balaban J connectivity index is 1.42. The van der Waals surface area contributed by atoms with Crippen LogP contribution in [0.5, 0.6) is 11.5 Å². The number of allylic oxidation sites excluding steroid dienone is 4. The molecule has 1 aliphatic heterocycles. The van der Waals surface area contributed by atoms with Gasteiger partial charge in [-0.2, -0.15) is 4.99 Å². The maximum atomic E-state index is 14.2. The van der Waals surface area contributed by atoms with Gasteiger partial charge in [-0.1, -0.05) is 143 Å². The molecule has 1 heterocycles. The highest BCUT2D eigenvalue weighted by Gasteiger charge is 2.35. The zero-order valence-corrected chi connectivity index (χ0v) is 31.6. The van der Waals surface area contributed by atoms with Crippen molar-refractivity contribution in [1.29, 1.82) is 0 Å². The van der Waals surface area contributed by atoms with Gasteiger partial charge in [-0.25, -0.2) is 0 Å². The standard InChI is InChI=1S/C41H35BrClN3O5S/c1-4-6-20-31(5-2)46-40(49)32(22-30-23-35(50-3)36(24-33(30)42)51-25-29-19-13-14-21-34(29)43)39(48)45-41(46)52-26-37(47)44-38(27-15-9-7-10-16-27)28-17-11-8-12-18-28/h4-24,38H,1,25-26H2,2-3H3,(H,44,47)/b20-6-,31-5+,32-22+. The average Bonchev–Trinajstić information content (AvgIpc) is 3.16. The highest BCUT2D eigenvalue weighted by molar-refractivity contribution is 9.10. The van der Waals surface area contributed by atoms with Gasteiger partial charge in [0.2, 0.25) is 5.91 Å². The van der Waals surface area contributed by atoms with E-state index in [1.165, 1.54) is 18.1 Å². The fourth-order valence-electron chi connectivity index (χ4n) is 5.25. The predicted molar refractivity (Wildman–Crippen MR) is 212 cm³/mol. The highest BCUT2D eigenvalue weighted by atomic mass is 79.9. The molecular formula is C41H35BrClN3O5S. The molecule has 0 radical (unpaired) electrons. The van der Waals surface area contributed by atoms with Gasteiger partial charge < -0.3 is 14.8 Å². The number of amidine groups is 1. The number of nitrogens with zero attached hydrogens (tertiary/aromatic N) is 2. The van der Waals surface area contributed by atoms with Crippen LogP contribution in [-0.4, -0.2) is 40.7 Å². The van der Waals surface area contributed by atoms with Crippen molar-refractivity contribution in [3.63, 3.8) is 0 Å². The van der Waals surface area contributed by atoms with Crippen molar-refractivity contribution in [2.24, 2.45) is 4.99 Å². The SMILES string of the molecule is C=C/C=C\C(=C/C)N1C(=O)/C(=C/c2cc(OC)c(OCc3ccccc3Cl)cc2Br)C(=O)N=C1SCC(=O)NC(c1ccccc1)c1ccccc1. The van der Waals surface area contributed by atoms with Crippen LogP contribution < -0.4 is 14.8 Å². The Labute approximate surface area is 320 Å². The largest absolute Gasteiger partial charge is 0.493 e. The van der Waals surface area contributed by atoms with Crippen LogP contribution in [0.1, 0.15) is 35.2 Å². The van der Waals surface area contributed by atoms with E-state index in [4.69, 9.17) is 21.1 Å². The van der Waals surface area contributed by atoms with E-state index >= 15 is 0 Å². The van der Waals surface area contributed by atoms with E-state index in [0.29, 0.717) is 32.3 Å². The van der Waals surface area contributed by atoms with Gasteiger partial charge >= 0.3 is 0 Å². The Morgan fingerprint density at radius 3 is 2.27 bits per heavy atom. The van der Waals surface area contributed by atoms with Gasteiger partial charge in [0.15, 0.2) is 16.7 Å². The number of halogens is 2. The van der Waals surface area contributed by atoms with E-state index in [0.717, 1.165) is 28.5 Å². The Kier molecular flexibility index (Phi) is 13.4. The number of amides is 3. The lowest BCUT2D eigenvalue weighted by Crippen LogP contribution is -2.42. The highest BCUT2D eigenvalue weighted by Crippen LogP contribution is 2.36. The average molecular weight is 797 g/mol. The van der Waals surface area contributed by atoms with E-state index in [1.54, 1.807) is 49.4 Å². The summed E-state index contributed by atoms with van der Waals surface area (Å²) in [5.41, 5.74) is 3.38. The minimum Gasteiger partial charge on any atom is -0.493 e. The first-order chi connectivity index (χ1) is 25.2. The number of aliphatic imine (C=N–C) groups is 1. The quantitative estimate of drug-likeness (QED) is 0.0824. The molecule has 1 N–H and O–H groups in total. The van der Waals surface area contributed by atoms with Crippen molar-refractivity contribution < 1.29 is 23.9 Å². The van der Waals surface area contributed by atoms with E-state index in [2.05, 4.69) is 32.8 Å². The second-order valence-corrected chi connectivity index (χ2v) is 13.4. The molecule has 1 aliphatic rings. The lowest BCUT2D eigenvalue weighted by Gasteiger charge is -2.28. The number of benzene rings is 4. The Hall–Kier alpha value is -5.16. The van der Waals surface area contributed by atoms with Crippen LogP contribution in [0.25, 0.3) is 6.08 Å². The normalized spacial score (nSPS) is 14.2. The second-order valence-electron chi connectivity index (χ2n) is 11.2. The molecule has 11 heteroatoms. The summed E-state index contributed by atoms with van der Waals surface area (Å²) >= 11 is 10.8. The van der Waals surface area contributed by atoms with Crippen LogP contribution in [0.4, 0.5) is 0 Å². The molecule has 0 fully saturated rings. The van der Waals surface area contributed by atoms with Crippen LogP contribution in [0.2, 0.25) is 5.02 Å². The third kappa shape index (κ3) is 9.38. The molecule has 4 aromatic rings. The van der Waals surface area contributed by atoms with Crippen molar-refractivity contribution in [3.8, 4) is 11.5 Å². The maximum Gasteiger partial charge on any atom is 0.285 e. The van der Waals surface area contributed by atoms with Gasteiger partial charge in [0.1, 0.15) is 12.2 Å². The molecule has 0 aliphatic carbocycles. The van der Waals surface area contributed by atoms with Crippen molar-refractivity contribution >= 4 is 68.3 Å². The van der Waals surface area contributed by atoms with Crippen molar-refractivity contribution in [3.05, 3.63) is 171 Å². The summed E-state index contributed by atoms with van der Waals surface area (Å²) in [4.78, 5) is 46.8. The van der Waals surface area contributed by atoms with E-state index in [1.807, 2.05) is 78.9 Å². The zero-order valence-electron chi connectivity index (χ0n) is 28.4. The van der Waals surface area contributed by atoms with Crippen LogP contribution in [-0.2, 0) is 21.0 Å². The summed E-state index contributed by atoms with van der Waals surface area (Å²) in [6.07, 6.45) is 8.09. The van der Waals surface area contributed by atoms with Gasteiger partial charge in [0.05, 0.1) is 18.9 Å². The van der Waals surface area contributed by atoms with Crippen LogP contribution in [0.15, 0.2) is 149 Å². The third-order valence-electron chi connectivity index (χ3n) is 7.84. The van der Waals surface area contributed by atoms with Crippen molar-refractivity contribution in [2.45, 2.75) is 19.6 Å². The molecule has 0 aromatic heterocycles. The first-order valence-electron chi connectivity index (χ1n) is 16.1. The van der Waals surface area contributed by atoms with Crippen LogP contribution >= 0.6 is 39.3 Å². The monoisotopic (exact) mass is 795 g/mol. The first kappa shape index (κ1) is 38.1. The summed E-state index contributed by atoms with van der Waals surface area (Å²) < 4.78 is 12.2. The topological polar surface area (TPSA) is 97.3 Å². The second kappa shape index (κ2) is 18.4. The van der Waals surface area contributed by atoms with Gasteiger partial charge in [0, 0.05) is 20.8 Å². The molecular weight excluding hydrogens is 762 g/mol. The molecule has 4 aromatic carbocycles. The molecule has 0 spiro atoms. The molecule has 0 saturated heterocycles. The molecule has 3 amide bonds. The minimum absolute atomic E-state index is 0.0695. The lowest BCUT2D eigenvalue weighted by atomic mass is 9.99. The number of hydrogen-bond donors (Lipinski definition) is 1. The van der Waals surface area contributed by atoms with Gasteiger partial charge in [-0.15, -0.1) is 0 Å². The molecule has 264 valence electrons. The molecule has 0 atom stereocenters. The molecule has 0 bridgehead atoms. The number of thioether (sulfide) groups is 1. The number of methoxy groups -OCH3 is 1. The van der Waals surface area contributed by atoms with Gasteiger partial charge in [-0.05, 0) is 54.0 Å². The molecule has 0 saturated carbocycles. The van der Waals surface area contributed by atoms with Gasteiger partial charge in [0.25, 0.3) is 11.8 Å². The molecule has 0 unspecified atom stereocenters. The van der Waals surface area contributed by atoms with Gasteiger partial charge in [-0.3, -0.25) is 19.3 Å². The van der Waals surface area contributed by atoms with Crippen molar-refractivity contribution in [2.75, 3.05) is 12.9 Å². The van der Waals surface area contributed by atoms with E-state index in [9.17, 15) is 14.4 Å².